The zero-order valence-electron chi connectivity index (χ0n) is 12.9. The number of likely N-dealkylation sites (tertiary alicyclic amines) is 1. The molecule has 0 bridgehead atoms. The van der Waals surface area contributed by atoms with Gasteiger partial charge in [0, 0.05) is 32.2 Å². The van der Waals surface area contributed by atoms with Gasteiger partial charge in [0.2, 0.25) is 5.91 Å². The molecule has 1 atom stereocenters. The third-order valence-corrected chi connectivity index (χ3v) is 4.44. The van der Waals surface area contributed by atoms with Crippen molar-refractivity contribution in [3.63, 3.8) is 0 Å². The molecule has 5 heteroatoms. The van der Waals surface area contributed by atoms with Gasteiger partial charge in [-0.2, -0.15) is 0 Å². The quantitative estimate of drug-likeness (QED) is 0.807. The first-order chi connectivity index (χ1) is 9.72. The molecule has 2 saturated heterocycles. The molecule has 1 unspecified atom stereocenters. The van der Waals surface area contributed by atoms with Gasteiger partial charge in [-0.15, -0.1) is 0 Å². The fraction of sp³-hybridized carbons (Fsp3) is 0.933. The maximum absolute atomic E-state index is 12.5. The molecule has 0 saturated carbocycles. The highest BCUT2D eigenvalue weighted by atomic mass is 16.5. The molecule has 2 rings (SSSR count). The summed E-state index contributed by atoms with van der Waals surface area (Å²) in [5, 5.41) is 3.58. The Morgan fingerprint density at radius 1 is 1.25 bits per heavy atom. The molecular weight excluding hydrogens is 254 g/mol. The van der Waals surface area contributed by atoms with Gasteiger partial charge in [0.1, 0.15) is 0 Å². The summed E-state index contributed by atoms with van der Waals surface area (Å²) in [6.07, 6.45) is 3.49. The highest BCUT2D eigenvalue weighted by molar-refractivity contribution is 5.81. The van der Waals surface area contributed by atoms with E-state index >= 15 is 0 Å². The zero-order chi connectivity index (χ0) is 14.4. The smallest absolute Gasteiger partial charge is 0.239 e. The van der Waals surface area contributed by atoms with Crippen LogP contribution in [-0.4, -0.2) is 73.7 Å². The van der Waals surface area contributed by atoms with Crippen LogP contribution in [0, 0.1) is 0 Å². The summed E-state index contributed by atoms with van der Waals surface area (Å²) in [7, 11) is 0. The van der Waals surface area contributed by atoms with Crippen molar-refractivity contribution in [3.05, 3.63) is 0 Å². The summed E-state index contributed by atoms with van der Waals surface area (Å²) >= 11 is 0. The van der Waals surface area contributed by atoms with E-state index in [0.29, 0.717) is 19.3 Å². The summed E-state index contributed by atoms with van der Waals surface area (Å²) in [5.41, 5.74) is 0. The minimum atomic E-state index is 0.0141. The molecule has 20 heavy (non-hydrogen) atoms. The Bertz CT molecular complexity index is 297. The summed E-state index contributed by atoms with van der Waals surface area (Å²) in [6.45, 7) is 10.3. The lowest BCUT2D eigenvalue weighted by molar-refractivity contribution is -0.141. The molecule has 1 amide bonds. The number of rotatable bonds is 5. The molecule has 5 nitrogen and oxygen atoms in total. The van der Waals surface area contributed by atoms with Crippen molar-refractivity contribution in [2.24, 2.45) is 0 Å². The molecule has 1 N–H and O–H groups in total. The Kier molecular flexibility index (Phi) is 6.26. The van der Waals surface area contributed by atoms with E-state index in [-0.39, 0.29) is 11.9 Å². The average Bonchev–Trinajstić information content (AvgIpc) is 2.53. The van der Waals surface area contributed by atoms with Gasteiger partial charge in [-0.1, -0.05) is 6.92 Å². The van der Waals surface area contributed by atoms with Crippen LogP contribution < -0.4 is 5.32 Å². The molecule has 0 aliphatic carbocycles. The Labute approximate surface area is 122 Å². The second-order valence-electron chi connectivity index (χ2n) is 5.88. The minimum Gasteiger partial charge on any atom is -0.378 e. The first kappa shape index (κ1) is 15.7. The summed E-state index contributed by atoms with van der Waals surface area (Å²) in [4.78, 5) is 16.8. The number of nitrogens with zero attached hydrogens (tertiary/aromatic N) is 2. The van der Waals surface area contributed by atoms with E-state index in [0.717, 1.165) is 45.6 Å². The van der Waals surface area contributed by atoms with Gasteiger partial charge in [0.25, 0.3) is 0 Å². The molecule has 2 aliphatic rings. The topological polar surface area (TPSA) is 44.8 Å². The lowest BCUT2D eigenvalue weighted by Crippen LogP contribution is -2.53. The number of hydrogen-bond acceptors (Lipinski definition) is 4. The molecule has 0 aromatic heterocycles. The Balaban J connectivity index is 1.75. The van der Waals surface area contributed by atoms with Crippen LogP contribution in [0.4, 0.5) is 0 Å². The van der Waals surface area contributed by atoms with Crippen LogP contribution in [0.15, 0.2) is 0 Å². The first-order valence-electron chi connectivity index (χ1n) is 8.06. The molecule has 116 valence electrons. The van der Waals surface area contributed by atoms with E-state index < -0.39 is 0 Å². The van der Waals surface area contributed by atoms with Crippen molar-refractivity contribution in [3.8, 4) is 0 Å². The minimum absolute atomic E-state index is 0.0141. The van der Waals surface area contributed by atoms with Crippen LogP contribution >= 0.6 is 0 Å². The predicted octanol–water partition coefficient (Wildman–Crippen LogP) is 0.698. The van der Waals surface area contributed by atoms with Gasteiger partial charge in [0.05, 0.1) is 19.3 Å². The lowest BCUT2D eigenvalue weighted by Gasteiger charge is -2.38. The molecular formula is C15H29N3O2. The third kappa shape index (κ3) is 4.17. The number of piperidine rings is 1. The average molecular weight is 283 g/mol. The van der Waals surface area contributed by atoms with E-state index in [1.54, 1.807) is 0 Å². The van der Waals surface area contributed by atoms with Gasteiger partial charge >= 0.3 is 0 Å². The van der Waals surface area contributed by atoms with E-state index in [4.69, 9.17) is 4.74 Å². The standard InChI is InChI=1S/C15H29N3O2/c1-3-6-16-14-4-7-17(8-5-14)13(2)15(19)18-9-11-20-12-10-18/h13-14,16H,3-12H2,1-2H3. The number of nitrogens with one attached hydrogen (secondary N) is 1. The van der Waals surface area contributed by atoms with Gasteiger partial charge < -0.3 is 15.0 Å². The van der Waals surface area contributed by atoms with Crippen molar-refractivity contribution >= 4 is 5.91 Å². The normalized spacial score (nSPS) is 23.8. The maximum atomic E-state index is 12.5. The van der Waals surface area contributed by atoms with Crippen molar-refractivity contribution in [1.29, 1.82) is 0 Å². The van der Waals surface area contributed by atoms with E-state index in [1.165, 1.54) is 6.42 Å². The van der Waals surface area contributed by atoms with Crippen LogP contribution in [0.25, 0.3) is 0 Å². The van der Waals surface area contributed by atoms with E-state index in [1.807, 2.05) is 4.90 Å². The molecule has 0 aromatic carbocycles. The number of morpholine rings is 1. The highest BCUT2D eigenvalue weighted by Crippen LogP contribution is 2.15. The SMILES string of the molecule is CCCNC1CCN(C(C)C(=O)N2CCOCC2)CC1. The lowest BCUT2D eigenvalue weighted by atomic mass is 10.0. The largest absolute Gasteiger partial charge is 0.378 e. The Morgan fingerprint density at radius 2 is 1.90 bits per heavy atom. The van der Waals surface area contributed by atoms with Crippen molar-refractivity contribution in [2.75, 3.05) is 45.9 Å². The number of carbonyl (C=O) groups is 1. The Morgan fingerprint density at radius 3 is 2.50 bits per heavy atom. The third-order valence-electron chi connectivity index (χ3n) is 4.44. The molecule has 2 aliphatic heterocycles. The maximum Gasteiger partial charge on any atom is 0.239 e. The molecule has 0 aromatic rings. The number of carbonyl (C=O) groups excluding carboxylic acids is 1. The van der Waals surface area contributed by atoms with E-state index in [9.17, 15) is 4.79 Å². The fourth-order valence-corrected chi connectivity index (χ4v) is 3.04. The highest BCUT2D eigenvalue weighted by Gasteiger charge is 2.29. The fourth-order valence-electron chi connectivity index (χ4n) is 3.04. The zero-order valence-corrected chi connectivity index (χ0v) is 12.9. The van der Waals surface area contributed by atoms with Crippen LogP contribution in [0.1, 0.15) is 33.1 Å². The number of ether oxygens (including phenoxy) is 1. The van der Waals surface area contributed by atoms with Crippen LogP contribution in [-0.2, 0) is 9.53 Å². The monoisotopic (exact) mass is 283 g/mol. The van der Waals surface area contributed by atoms with Gasteiger partial charge in [-0.25, -0.2) is 0 Å². The summed E-state index contributed by atoms with van der Waals surface area (Å²) in [6, 6.07) is 0.650. The molecule has 2 fully saturated rings. The van der Waals surface area contributed by atoms with Crippen LogP contribution in [0.3, 0.4) is 0 Å². The van der Waals surface area contributed by atoms with Gasteiger partial charge in [-0.3, -0.25) is 9.69 Å². The van der Waals surface area contributed by atoms with Gasteiger partial charge in [-0.05, 0) is 32.7 Å². The van der Waals surface area contributed by atoms with Gasteiger partial charge in [0.15, 0.2) is 0 Å². The number of amides is 1. The molecule has 0 radical (unpaired) electrons. The predicted molar refractivity (Wildman–Crippen MR) is 79.7 cm³/mol. The summed E-state index contributed by atoms with van der Waals surface area (Å²) < 4.78 is 5.31. The van der Waals surface area contributed by atoms with Crippen molar-refractivity contribution in [2.45, 2.75) is 45.2 Å². The van der Waals surface area contributed by atoms with Crippen LogP contribution in [0.5, 0.6) is 0 Å². The Hall–Kier alpha value is -0.650. The first-order valence-corrected chi connectivity index (χ1v) is 8.06. The van der Waals surface area contributed by atoms with Crippen molar-refractivity contribution < 1.29 is 9.53 Å². The molecule has 0 spiro atoms. The second-order valence-corrected chi connectivity index (χ2v) is 5.88. The number of hydrogen-bond donors (Lipinski definition) is 1. The van der Waals surface area contributed by atoms with E-state index in [2.05, 4.69) is 24.1 Å². The molecule has 2 heterocycles. The second kappa shape index (κ2) is 7.96. The summed E-state index contributed by atoms with van der Waals surface area (Å²) in [5.74, 6) is 0.272. The van der Waals surface area contributed by atoms with Crippen LogP contribution in [0.2, 0.25) is 0 Å². The van der Waals surface area contributed by atoms with Crippen molar-refractivity contribution in [1.82, 2.24) is 15.1 Å².